The zero-order valence-corrected chi connectivity index (χ0v) is 18.3. The molecule has 1 N–H and O–H groups in total. The minimum atomic E-state index is -0.937. The topological polar surface area (TPSA) is 82.0 Å². The number of morpholine rings is 1. The lowest BCUT2D eigenvalue weighted by molar-refractivity contribution is -0.141. The zero-order valence-electron chi connectivity index (χ0n) is 16.7. The van der Waals surface area contributed by atoms with Crippen molar-refractivity contribution in [1.82, 2.24) is 19.8 Å². The van der Waals surface area contributed by atoms with E-state index in [2.05, 4.69) is 26.7 Å². The molecule has 8 nitrogen and oxygen atoms in total. The summed E-state index contributed by atoms with van der Waals surface area (Å²) in [7, 11) is 0. The van der Waals surface area contributed by atoms with E-state index in [1.54, 1.807) is 16.2 Å². The van der Waals surface area contributed by atoms with Crippen LogP contribution >= 0.6 is 22.9 Å². The Balaban J connectivity index is 1.53. The third-order valence-corrected chi connectivity index (χ3v) is 6.97. The number of fused-ring (bicyclic) bond motifs is 1. The highest BCUT2D eigenvalue weighted by atomic mass is 35.5. The van der Waals surface area contributed by atoms with Gasteiger partial charge in [-0.2, -0.15) is 4.98 Å². The summed E-state index contributed by atoms with van der Waals surface area (Å²) in [4.78, 5) is 28.6. The molecule has 2 aromatic rings. The minimum Gasteiger partial charge on any atom is -0.384 e. The van der Waals surface area contributed by atoms with Crippen molar-refractivity contribution in [3.8, 4) is 0 Å². The molecule has 29 heavy (non-hydrogen) atoms. The van der Waals surface area contributed by atoms with Crippen LogP contribution in [-0.4, -0.2) is 89.4 Å². The molecule has 2 aliphatic rings. The van der Waals surface area contributed by atoms with E-state index >= 15 is 0 Å². The summed E-state index contributed by atoms with van der Waals surface area (Å²) in [5, 5.41) is 9.78. The van der Waals surface area contributed by atoms with Gasteiger partial charge in [0.2, 0.25) is 5.28 Å². The fraction of sp³-hybridized carbons (Fsp3) is 0.632. The minimum absolute atomic E-state index is 0.192. The first-order valence-electron chi connectivity index (χ1n) is 9.91. The Bertz CT molecular complexity index is 892. The molecule has 2 saturated heterocycles. The fourth-order valence-corrected chi connectivity index (χ4v) is 5.30. The average molecular weight is 440 g/mol. The van der Waals surface area contributed by atoms with Crippen LogP contribution in [0.4, 0.5) is 5.82 Å². The van der Waals surface area contributed by atoms with Crippen molar-refractivity contribution in [3.05, 3.63) is 15.7 Å². The number of carbonyl (C=O) groups excluding carboxylic acids is 1. The number of hydrogen-bond acceptors (Lipinski definition) is 8. The Morgan fingerprint density at radius 1 is 1.21 bits per heavy atom. The third-order valence-electron chi connectivity index (χ3n) is 5.54. The maximum absolute atomic E-state index is 12.0. The molecular weight excluding hydrogens is 414 g/mol. The molecule has 0 spiro atoms. The lowest BCUT2D eigenvalue weighted by atomic mass is 10.2. The standard InChI is InChI=1S/C19H26ClN5O3S/c1-12-14(11-23-3-5-25(6-4-23)18(27)13(2)26)29-16-15(12)21-19(20)22-17(16)24-7-9-28-10-8-24/h13,26H,3-11H2,1-2H3. The van der Waals surface area contributed by atoms with Gasteiger partial charge in [-0.25, -0.2) is 4.98 Å². The molecule has 1 atom stereocenters. The number of aliphatic hydroxyl groups excluding tert-OH is 1. The van der Waals surface area contributed by atoms with E-state index in [4.69, 9.17) is 16.3 Å². The van der Waals surface area contributed by atoms with Gasteiger partial charge in [0, 0.05) is 50.7 Å². The molecule has 0 radical (unpaired) electrons. The highest BCUT2D eigenvalue weighted by molar-refractivity contribution is 7.19. The first kappa shape index (κ1) is 20.7. The Morgan fingerprint density at radius 3 is 2.55 bits per heavy atom. The zero-order chi connectivity index (χ0) is 20.5. The van der Waals surface area contributed by atoms with Crippen molar-refractivity contribution in [2.75, 3.05) is 57.4 Å². The molecule has 0 saturated carbocycles. The van der Waals surface area contributed by atoms with Crippen LogP contribution in [0, 0.1) is 6.92 Å². The highest BCUT2D eigenvalue weighted by Crippen LogP contribution is 2.37. The van der Waals surface area contributed by atoms with Crippen LogP contribution in [0.15, 0.2) is 0 Å². The average Bonchev–Trinajstić information content (AvgIpc) is 3.03. The summed E-state index contributed by atoms with van der Waals surface area (Å²) in [5.41, 5.74) is 2.07. The predicted octanol–water partition coefficient (Wildman–Crippen LogP) is 1.51. The number of ether oxygens (including phenoxy) is 1. The molecule has 2 fully saturated rings. The Kier molecular flexibility index (Phi) is 6.21. The van der Waals surface area contributed by atoms with Gasteiger partial charge in [-0.1, -0.05) is 0 Å². The van der Waals surface area contributed by atoms with Gasteiger partial charge in [-0.15, -0.1) is 11.3 Å². The molecule has 2 aromatic heterocycles. The van der Waals surface area contributed by atoms with E-state index in [9.17, 15) is 9.90 Å². The first-order chi connectivity index (χ1) is 13.9. The summed E-state index contributed by atoms with van der Waals surface area (Å²) in [6, 6.07) is 0. The van der Waals surface area contributed by atoms with Gasteiger partial charge in [-0.05, 0) is 31.0 Å². The SMILES string of the molecule is Cc1c(CN2CCN(C(=O)C(C)O)CC2)sc2c(N3CCOCC3)nc(Cl)nc12. The number of nitrogens with zero attached hydrogens (tertiary/aromatic N) is 5. The maximum Gasteiger partial charge on any atom is 0.251 e. The van der Waals surface area contributed by atoms with Gasteiger partial charge in [-0.3, -0.25) is 9.69 Å². The summed E-state index contributed by atoms with van der Waals surface area (Å²) in [5.74, 6) is 0.706. The largest absolute Gasteiger partial charge is 0.384 e. The molecule has 10 heteroatoms. The van der Waals surface area contributed by atoms with Crippen LogP contribution in [0.25, 0.3) is 10.2 Å². The second kappa shape index (κ2) is 8.69. The Labute approximate surface area is 179 Å². The van der Waals surface area contributed by atoms with Crippen LogP contribution in [0.2, 0.25) is 5.28 Å². The monoisotopic (exact) mass is 439 g/mol. The van der Waals surface area contributed by atoms with Gasteiger partial charge in [0.25, 0.3) is 5.91 Å². The molecule has 2 aliphatic heterocycles. The number of aliphatic hydroxyl groups is 1. The fourth-order valence-electron chi connectivity index (χ4n) is 3.83. The molecule has 1 amide bonds. The van der Waals surface area contributed by atoms with Gasteiger partial charge in [0.15, 0.2) is 5.82 Å². The number of amides is 1. The molecule has 0 aliphatic carbocycles. The Hall–Kier alpha value is -1.52. The number of hydrogen-bond donors (Lipinski definition) is 1. The van der Waals surface area contributed by atoms with Gasteiger partial charge < -0.3 is 19.6 Å². The van der Waals surface area contributed by atoms with Crippen LogP contribution in [0.3, 0.4) is 0 Å². The third kappa shape index (κ3) is 4.34. The van der Waals surface area contributed by atoms with Crippen LogP contribution in [0.5, 0.6) is 0 Å². The number of carbonyl (C=O) groups is 1. The van der Waals surface area contributed by atoms with E-state index in [0.29, 0.717) is 26.3 Å². The summed E-state index contributed by atoms with van der Waals surface area (Å²) in [6.45, 7) is 10.2. The second-order valence-electron chi connectivity index (χ2n) is 7.52. The lowest BCUT2D eigenvalue weighted by Crippen LogP contribution is -2.50. The number of piperazine rings is 1. The number of rotatable bonds is 4. The lowest BCUT2D eigenvalue weighted by Gasteiger charge is -2.35. The van der Waals surface area contributed by atoms with Crippen molar-refractivity contribution in [2.24, 2.45) is 0 Å². The van der Waals surface area contributed by atoms with Gasteiger partial charge in [0.1, 0.15) is 6.10 Å². The van der Waals surface area contributed by atoms with Crippen LogP contribution in [-0.2, 0) is 16.1 Å². The van der Waals surface area contributed by atoms with Gasteiger partial charge >= 0.3 is 0 Å². The first-order valence-corrected chi connectivity index (χ1v) is 11.1. The highest BCUT2D eigenvalue weighted by Gasteiger charge is 2.26. The van der Waals surface area contributed by atoms with Crippen molar-refractivity contribution in [1.29, 1.82) is 0 Å². The van der Waals surface area contributed by atoms with Crippen LogP contribution in [0.1, 0.15) is 17.4 Å². The number of aromatic nitrogens is 2. The number of anilines is 1. The molecular formula is C19H26ClN5O3S. The maximum atomic E-state index is 12.0. The van der Waals surface area contributed by atoms with E-state index in [0.717, 1.165) is 54.3 Å². The van der Waals surface area contributed by atoms with Crippen LogP contribution < -0.4 is 4.90 Å². The molecule has 0 aromatic carbocycles. The molecule has 1 unspecified atom stereocenters. The molecule has 0 bridgehead atoms. The molecule has 158 valence electrons. The summed E-state index contributed by atoms with van der Waals surface area (Å²) >= 11 is 7.97. The smallest absolute Gasteiger partial charge is 0.251 e. The molecule has 4 rings (SSSR count). The quantitative estimate of drug-likeness (QED) is 0.723. The second-order valence-corrected chi connectivity index (χ2v) is 8.96. The summed E-state index contributed by atoms with van der Waals surface area (Å²) in [6.07, 6.45) is -0.937. The molecule has 4 heterocycles. The van der Waals surface area contributed by atoms with Crippen molar-refractivity contribution >= 4 is 44.9 Å². The van der Waals surface area contributed by atoms with E-state index in [1.165, 1.54) is 11.8 Å². The van der Waals surface area contributed by atoms with Crippen molar-refractivity contribution in [2.45, 2.75) is 26.5 Å². The van der Waals surface area contributed by atoms with Gasteiger partial charge in [0.05, 0.1) is 23.4 Å². The number of aryl methyl sites for hydroxylation is 1. The van der Waals surface area contributed by atoms with E-state index in [1.807, 2.05) is 0 Å². The predicted molar refractivity (Wildman–Crippen MR) is 114 cm³/mol. The van der Waals surface area contributed by atoms with E-state index in [-0.39, 0.29) is 11.2 Å². The summed E-state index contributed by atoms with van der Waals surface area (Å²) < 4.78 is 6.54. The van der Waals surface area contributed by atoms with E-state index < -0.39 is 6.10 Å². The number of halogens is 1. The van der Waals surface area contributed by atoms with Crippen molar-refractivity contribution in [3.63, 3.8) is 0 Å². The number of thiophene rings is 1. The Morgan fingerprint density at radius 2 is 1.90 bits per heavy atom. The normalized spacial score (nSPS) is 19.7. The van der Waals surface area contributed by atoms with Crippen molar-refractivity contribution < 1.29 is 14.6 Å².